The Labute approximate surface area is 127 Å². The van der Waals surface area contributed by atoms with E-state index in [9.17, 15) is 9.59 Å². The van der Waals surface area contributed by atoms with E-state index >= 15 is 0 Å². The number of nitrogens with one attached hydrogen (secondary N) is 1. The molecule has 0 radical (unpaired) electrons. The van der Waals surface area contributed by atoms with E-state index in [1.54, 1.807) is 39.1 Å². The third kappa shape index (κ3) is 2.59. The third-order valence-electron chi connectivity index (χ3n) is 3.74. The van der Waals surface area contributed by atoms with Crippen molar-refractivity contribution in [1.29, 1.82) is 0 Å². The number of fused-ring (bicyclic) bond motifs is 1. The van der Waals surface area contributed by atoms with Gasteiger partial charge in [0.25, 0.3) is 5.91 Å². The summed E-state index contributed by atoms with van der Waals surface area (Å²) in [5.74, 6) is -0.0708. The van der Waals surface area contributed by atoms with Gasteiger partial charge in [0.05, 0.1) is 23.5 Å². The fraction of sp³-hybridized carbons (Fsp3) is 0.429. The zero-order chi connectivity index (χ0) is 15.5. The second-order valence-corrected chi connectivity index (χ2v) is 5.08. The smallest absolute Gasteiger partial charge is 0.317 e. The molecule has 3 heterocycles. The van der Waals surface area contributed by atoms with Gasteiger partial charge in [-0.2, -0.15) is 5.10 Å². The van der Waals surface area contributed by atoms with Gasteiger partial charge in [0.15, 0.2) is 0 Å². The highest BCUT2D eigenvalue weighted by atomic mass is 16.2. The van der Waals surface area contributed by atoms with Gasteiger partial charge >= 0.3 is 6.03 Å². The Kier molecular flexibility index (Phi) is 3.90. The molecule has 0 aromatic carbocycles. The van der Waals surface area contributed by atoms with Gasteiger partial charge in [-0.1, -0.05) is 0 Å². The fourth-order valence-electron chi connectivity index (χ4n) is 2.55. The van der Waals surface area contributed by atoms with Crippen molar-refractivity contribution in [3.05, 3.63) is 30.4 Å². The first kappa shape index (κ1) is 14.3. The minimum atomic E-state index is -0.0743. The zero-order valence-electron chi connectivity index (χ0n) is 12.4. The summed E-state index contributed by atoms with van der Waals surface area (Å²) in [4.78, 5) is 31.9. The SMILES string of the molecule is CCNC(=O)N1CCN(C(=O)c2cnn3ccncc23)CC1. The number of amides is 3. The van der Waals surface area contributed by atoms with E-state index in [2.05, 4.69) is 15.4 Å². The van der Waals surface area contributed by atoms with Crippen LogP contribution in [-0.4, -0.2) is 69.1 Å². The lowest BCUT2D eigenvalue weighted by atomic mass is 10.2. The Morgan fingerprint density at radius 1 is 1.18 bits per heavy atom. The van der Waals surface area contributed by atoms with Crippen molar-refractivity contribution in [3.8, 4) is 0 Å². The van der Waals surface area contributed by atoms with Crippen LogP contribution in [0.25, 0.3) is 5.52 Å². The molecule has 2 aromatic rings. The van der Waals surface area contributed by atoms with Gasteiger partial charge in [-0.25, -0.2) is 9.31 Å². The number of carbonyl (C=O) groups is 2. The average molecular weight is 302 g/mol. The van der Waals surface area contributed by atoms with Gasteiger partial charge < -0.3 is 15.1 Å². The minimum absolute atomic E-state index is 0.0708. The van der Waals surface area contributed by atoms with Crippen LogP contribution in [0.15, 0.2) is 24.8 Å². The summed E-state index contributed by atoms with van der Waals surface area (Å²) in [6, 6.07) is -0.0743. The lowest BCUT2D eigenvalue weighted by molar-refractivity contribution is 0.0667. The third-order valence-corrected chi connectivity index (χ3v) is 3.74. The highest BCUT2D eigenvalue weighted by molar-refractivity contribution is 6.00. The molecule has 1 N–H and O–H groups in total. The fourth-order valence-corrected chi connectivity index (χ4v) is 2.55. The summed E-state index contributed by atoms with van der Waals surface area (Å²) in [5.41, 5.74) is 1.23. The second kappa shape index (κ2) is 6.00. The van der Waals surface area contributed by atoms with E-state index in [-0.39, 0.29) is 11.9 Å². The number of aromatic nitrogens is 3. The molecule has 0 spiro atoms. The van der Waals surface area contributed by atoms with Gasteiger partial charge in [0, 0.05) is 45.1 Å². The van der Waals surface area contributed by atoms with Crippen molar-refractivity contribution in [2.45, 2.75) is 6.92 Å². The number of hydrogen-bond donors (Lipinski definition) is 1. The number of rotatable bonds is 2. The van der Waals surface area contributed by atoms with Crippen molar-refractivity contribution in [3.63, 3.8) is 0 Å². The quantitative estimate of drug-likeness (QED) is 0.860. The highest BCUT2D eigenvalue weighted by Crippen LogP contribution is 2.13. The number of urea groups is 1. The van der Waals surface area contributed by atoms with Crippen LogP contribution in [0.5, 0.6) is 0 Å². The van der Waals surface area contributed by atoms with Gasteiger partial charge in [-0.05, 0) is 6.92 Å². The van der Waals surface area contributed by atoms with Crippen molar-refractivity contribution < 1.29 is 9.59 Å². The molecule has 1 aliphatic heterocycles. The standard InChI is InChI=1S/C14H18N6O2/c1-2-16-14(22)19-7-5-18(6-8-19)13(21)11-9-17-20-4-3-15-10-12(11)20/h3-4,9-10H,2,5-8H2,1H3,(H,16,22). The van der Waals surface area contributed by atoms with Crippen LogP contribution in [0.2, 0.25) is 0 Å². The van der Waals surface area contributed by atoms with Crippen molar-refractivity contribution in [1.82, 2.24) is 29.7 Å². The average Bonchev–Trinajstić information content (AvgIpc) is 2.98. The maximum atomic E-state index is 12.6. The monoisotopic (exact) mass is 302 g/mol. The van der Waals surface area contributed by atoms with Crippen LogP contribution >= 0.6 is 0 Å². The first-order valence-electron chi connectivity index (χ1n) is 7.30. The normalized spacial score (nSPS) is 15.1. The lowest BCUT2D eigenvalue weighted by Crippen LogP contribution is -2.53. The van der Waals surface area contributed by atoms with Crippen molar-refractivity contribution in [2.75, 3.05) is 32.7 Å². The Morgan fingerprint density at radius 2 is 1.91 bits per heavy atom. The van der Waals surface area contributed by atoms with Crippen LogP contribution in [-0.2, 0) is 0 Å². The summed E-state index contributed by atoms with van der Waals surface area (Å²) in [7, 11) is 0. The van der Waals surface area contributed by atoms with Crippen LogP contribution in [0.1, 0.15) is 17.3 Å². The first-order chi connectivity index (χ1) is 10.7. The number of carbonyl (C=O) groups excluding carboxylic acids is 2. The van der Waals surface area contributed by atoms with E-state index in [4.69, 9.17) is 0 Å². The zero-order valence-corrected chi connectivity index (χ0v) is 12.4. The molecule has 0 unspecified atom stereocenters. The van der Waals surface area contributed by atoms with Crippen molar-refractivity contribution >= 4 is 17.5 Å². The van der Waals surface area contributed by atoms with Crippen molar-refractivity contribution in [2.24, 2.45) is 0 Å². The molecule has 8 nitrogen and oxygen atoms in total. The Bertz CT molecular complexity index is 689. The summed E-state index contributed by atoms with van der Waals surface area (Å²) < 4.78 is 1.63. The predicted molar refractivity (Wildman–Crippen MR) is 79.5 cm³/mol. The van der Waals surface area contributed by atoms with E-state index in [0.717, 1.165) is 0 Å². The highest BCUT2D eigenvalue weighted by Gasteiger charge is 2.26. The number of piperazine rings is 1. The summed E-state index contributed by atoms with van der Waals surface area (Å²) in [6.45, 7) is 4.61. The maximum Gasteiger partial charge on any atom is 0.317 e. The van der Waals surface area contributed by atoms with Gasteiger partial charge in [0.2, 0.25) is 0 Å². The maximum absolute atomic E-state index is 12.6. The summed E-state index contributed by atoms with van der Waals surface area (Å²) in [5, 5.41) is 6.93. The molecule has 8 heteroatoms. The lowest BCUT2D eigenvalue weighted by Gasteiger charge is -2.34. The Balaban J connectivity index is 1.69. The molecule has 3 rings (SSSR count). The number of hydrogen-bond acceptors (Lipinski definition) is 4. The molecule has 0 bridgehead atoms. The van der Waals surface area contributed by atoms with Gasteiger partial charge in [-0.15, -0.1) is 0 Å². The van der Waals surface area contributed by atoms with Crippen LogP contribution < -0.4 is 5.32 Å². The molecule has 1 aliphatic rings. The Morgan fingerprint density at radius 3 is 2.64 bits per heavy atom. The van der Waals surface area contributed by atoms with Gasteiger partial charge in [-0.3, -0.25) is 9.78 Å². The summed E-state index contributed by atoms with van der Waals surface area (Å²) >= 11 is 0. The molecule has 2 aromatic heterocycles. The van der Waals surface area contributed by atoms with E-state index in [1.807, 2.05) is 6.92 Å². The molecular weight excluding hydrogens is 284 g/mol. The largest absolute Gasteiger partial charge is 0.338 e. The predicted octanol–water partition coefficient (Wildman–Crippen LogP) is 0.217. The second-order valence-electron chi connectivity index (χ2n) is 5.08. The van der Waals surface area contributed by atoms with Gasteiger partial charge in [0.1, 0.15) is 0 Å². The molecule has 1 saturated heterocycles. The van der Waals surface area contributed by atoms with Crippen LogP contribution in [0, 0.1) is 0 Å². The molecule has 1 fully saturated rings. The van der Waals surface area contributed by atoms with E-state index in [1.165, 1.54) is 0 Å². The van der Waals surface area contributed by atoms with Crippen LogP contribution in [0.4, 0.5) is 4.79 Å². The molecule has 3 amide bonds. The van der Waals surface area contributed by atoms with E-state index in [0.29, 0.717) is 43.8 Å². The minimum Gasteiger partial charge on any atom is -0.338 e. The van der Waals surface area contributed by atoms with Crippen LogP contribution in [0.3, 0.4) is 0 Å². The molecular formula is C14H18N6O2. The van der Waals surface area contributed by atoms with E-state index < -0.39 is 0 Å². The molecule has 0 saturated carbocycles. The summed E-state index contributed by atoms with van der Waals surface area (Å²) in [6.07, 6.45) is 6.53. The molecule has 116 valence electrons. The topological polar surface area (TPSA) is 82.8 Å². The molecule has 22 heavy (non-hydrogen) atoms. The number of nitrogens with zero attached hydrogens (tertiary/aromatic N) is 5. The molecule has 0 atom stereocenters. The Hall–Kier alpha value is -2.64. The first-order valence-corrected chi connectivity index (χ1v) is 7.30. The molecule has 0 aliphatic carbocycles.